The fourth-order valence-electron chi connectivity index (χ4n) is 3.56. The molecule has 0 saturated carbocycles. The van der Waals surface area contributed by atoms with E-state index in [2.05, 4.69) is 52.9 Å². The molecule has 0 unspecified atom stereocenters. The number of alkyl carbamates (subject to hydrolysis) is 1. The summed E-state index contributed by atoms with van der Waals surface area (Å²) >= 11 is 0. The molecule has 0 aliphatic carbocycles. The van der Waals surface area contributed by atoms with Gasteiger partial charge in [-0.1, -0.05) is 48.5 Å². The van der Waals surface area contributed by atoms with Gasteiger partial charge in [0.05, 0.1) is 7.11 Å². The molecule has 1 amide bonds. The summed E-state index contributed by atoms with van der Waals surface area (Å²) < 4.78 is 16.7. The second-order valence-corrected chi connectivity index (χ2v) is 9.17. The van der Waals surface area contributed by atoms with Crippen LogP contribution in [0.25, 0.3) is 11.1 Å². The molecule has 0 aliphatic rings. The molecule has 0 bridgehead atoms. The first-order valence-corrected chi connectivity index (χ1v) is 11.7. The predicted octanol–water partition coefficient (Wildman–Crippen LogP) is 5.26. The van der Waals surface area contributed by atoms with E-state index >= 15 is 0 Å². The number of pyridine rings is 1. The van der Waals surface area contributed by atoms with Gasteiger partial charge < -0.3 is 24.8 Å². The Morgan fingerprint density at radius 3 is 2.43 bits per heavy atom. The molecule has 2 aromatic carbocycles. The van der Waals surface area contributed by atoms with Gasteiger partial charge in [-0.25, -0.2) is 4.79 Å². The van der Waals surface area contributed by atoms with Crippen LogP contribution in [0.4, 0.5) is 4.79 Å². The maximum absolute atomic E-state index is 11.7. The van der Waals surface area contributed by atoms with Crippen molar-refractivity contribution in [2.45, 2.75) is 46.4 Å². The monoisotopic (exact) mass is 477 g/mol. The number of aromatic nitrogens is 1. The molecule has 1 heterocycles. The van der Waals surface area contributed by atoms with E-state index in [4.69, 9.17) is 14.2 Å². The molecule has 186 valence electrons. The van der Waals surface area contributed by atoms with Crippen LogP contribution in [0.15, 0.2) is 60.7 Å². The summed E-state index contributed by atoms with van der Waals surface area (Å²) in [5.41, 5.74) is 5.06. The molecule has 0 atom stereocenters. The number of nitrogens with zero attached hydrogens (tertiary/aromatic N) is 1. The van der Waals surface area contributed by atoms with E-state index in [0.29, 0.717) is 38.0 Å². The average Bonchev–Trinajstić information content (AvgIpc) is 2.83. The van der Waals surface area contributed by atoms with Crippen LogP contribution in [-0.2, 0) is 17.9 Å². The Morgan fingerprint density at radius 1 is 0.943 bits per heavy atom. The molecule has 7 nitrogen and oxygen atoms in total. The van der Waals surface area contributed by atoms with Gasteiger partial charge in [0, 0.05) is 31.3 Å². The van der Waals surface area contributed by atoms with Crippen LogP contribution < -0.4 is 20.1 Å². The molecule has 3 aromatic rings. The minimum atomic E-state index is -0.510. The number of rotatable bonds is 10. The van der Waals surface area contributed by atoms with E-state index in [1.165, 1.54) is 16.7 Å². The predicted molar refractivity (Wildman–Crippen MR) is 138 cm³/mol. The van der Waals surface area contributed by atoms with Gasteiger partial charge in [-0.2, -0.15) is 4.98 Å². The third kappa shape index (κ3) is 8.00. The fourth-order valence-corrected chi connectivity index (χ4v) is 3.56. The van der Waals surface area contributed by atoms with E-state index in [-0.39, 0.29) is 0 Å². The van der Waals surface area contributed by atoms with Gasteiger partial charge in [0.15, 0.2) is 0 Å². The van der Waals surface area contributed by atoms with E-state index in [9.17, 15) is 4.79 Å². The van der Waals surface area contributed by atoms with Crippen LogP contribution in [0, 0.1) is 6.92 Å². The highest BCUT2D eigenvalue weighted by atomic mass is 16.6. The zero-order chi connectivity index (χ0) is 25.3. The summed E-state index contributed by atoms with van der Waals surface area (Å²) in [5.74, 6) is 1.01. The SMILES string of the molecule is COc1nc(OCc2cccc(-c3ccccc3)c2C)ccc1CNCCNC(=O)OC(C)(C)C. The second kappa shape index (κ2) is 12.2. The normalized spacial score (nSPS) is 11.1. The Bertz CT molecular complexity index is 1110. The van der Waals surface area contributed by atoms with Gasteiger partial charge in [0.2, 0.25) is 11.8 Å². The van der Waals surface area contributed by atoms with Crippen molar-refractivity contribution in [3.63, 3.8) is 0 Å². The van der Waals surface area contributed by atoms with Crippen molar-refractivity contribution in [2.24, 2.45) is 0 Å². The Labute approximate surface area is 207 Å². The molecule has 0 spiro atoms. The van der Waals surface area contributed by atoms with Crippen molar-refractivity contribution in [1.82, 2.24) is 15.6 Å². The number of ether oxygens (including phenoxy) is 3. The van der Waals surface area contributed by atoms with Gasteiger partial charge in [0.1, 0.15) is 12.2 Å². The van der Waals surface area contributed by atoms with Crippen LogP contribution in [0.1, 0.15) is 37.5 Å². The molecule has 0 radical (unpaired) electrons. The van der Waals surface area contributed by atoms with Crippen LogP contribution in [0.5, 0.6) is 11.8 Å². The van der Waals surface area contributed by atoms with Crippen molar-refractivity contribution in [3.8, 4) is 22.9 Å². The van der Waals surface area contributed by atoms with Gasteiger partial charge in [0.25, 0.3) is 0 Å². The first kappa shape index (κ1) is 26.0. The Kier molecular flexibility index (Phi) is 9.09. The number of hydrogen-bond acceptors (Lipinski definition) is 6. The molecule has 2 N–H and O–H groups in total. The number of benzene rings is 2. The highest BCUT2D eigenvalue weighted by Gasteiger charge is 2.15. The topological polar surface area (TPSA) is 81.7 Å². The average molecular weight is 478 g/mol. The van der Waals surface area contributed by atoms with Crippen molar-refractivity contribution in [3.05, 3.63) is 77.4 Å². The largest absolute Gasteiger partial charge is 0.481 e. The summed E-state index contributed by atoms with van der Waals surface area (Å²) in [7, 11) is 1.59. The van der Waals surface area contributed by atoms with E-state index < -0.39 is 11.7 Å². The highest BCUT2D eigenvalue weighted by molar-refractivity contribution is 5.68. The van der Waals surface area contributed by atoms with E-state index in [1.807, 2.05) is 51.1 Å². The van der Waals surface area contributed by atoms with Crippen LogP contribution in [-0.4, -0.2) is 36.9 Å². The summed E-state index contributed by atoms with van der Waals surface area (Å²) in [5, 5.41) is 5.99. The lowest BCUT2D eigenvalue weighted by atomic mass is 9.97. The summed E-state index contributed by atoms with van der Waals surface area (Å²) in [6.45, 7) is 9.61. The van der Waals surface area contributed by atoms with Crippen molar-refractivity contribution < 1.29 is 19.0 Å². The summed E-state index contributed by atoms with van der Waals surface area (Å²) in [6, 6.07) is 20.4. The fraction of sp³-hybridized carbons (Fsp3) is 0.357. The molecular formula is C28H35N3O4. The second-order valence-electron chi connectivity index (χ2n) is 9.17. The first-order valence-electron chi connectivity index (χ1n) is 11.7. The maximum atomic E-state index is 11.7. The van der Waals surface area contributed by atoms with Crippen LogP contribution in [0.3, 0.4) is 0 Å². The molecule has 3 rings (SSSR count). The van der Waals surface area contributed by atoms with E-state index in [1.54, 1.807) is 7.11 Å². The van der Waals surface area contributed by atoms with Gasteiger partial charge >= 0.3 is 6.09 Å². The molecule has 0 fully saturated rings. The molecule has 0 saturated heterocycles. The summed E-state index contributed by atoms with van der Waals surface area (Å²) in [6.07, 6.45) is -0.426. The van der Waals surface area contributed by atoms with Gasteiger partial charge in [-0.05, 0) is 56.0 Å². The van der Waals surface area contributed by atoms with Crippen LogP contribution >= 0.6 is 0 Å². The number of methoxy groups -OCH3 is 1. The van der Waals surface area contributed by atoms with Crippen molar-refractivity contribution >= 4 is 6.09 Å². The highest BCUT2D eigenvalue weighted by Crippen LogP contribution is 2.27. The zero-order valence-electron chi connectivity index (χ0n) is 21.2. The number of carbonyl (C=O) groups excluding carboxylic acids is 1. The lowest BCUT2D eigenvalue weighted by Gasteiger charge is -2.19. The quantitative estimate of drug-likeness (QED) is 0.388. The molecule has 1 aromatic heterocycles. The minimum Gasteiger partial charge on any atom is -0.481 e. The third-order valence-corrected chi connectivity index (χ3v) is 5.30. The lowest BCUT2D eigenvalue weighted by Crippen LogP contribution is -2.36. The van der Waals surface area contributed by atoms with Gasteiger partial charge in [-0.15, -0.1) is 0 Å². The number of hydrogen-bond donors (Lipinski definition) is 2. The number of nitrogens with one attached hydrogen (secondary N) is 2. The smallest absolute Gasteiger partial charge is 0.407 e. The van der Waals surface area contributed by atoms with Crippen molar-refractivity contribution in [2.75, 3.05) is 20.2 Å². The van der Waals surface area contributed by atoms with Crippen LogP contribution in [0.2, 0.25) is 0 Å². The third-order valence-electron chi connectivity index (χ3n) is 5.30. The summed E-state index contributed by atoms with van der Waals surface area (Å²) in [4.78, 5) is 16.2. The maximum Gasteiger partial charge on any atom is 0.407 e. The minimum absolute atomic E-state index is 0.413. The van der Waals surface area contributed by atoms with Crippen molar-refractivity contribution in [1.29, 1.82) is 0 Å². The molecular weight excluding hydrogens is 442 g/mol. The number of amides is 1. The Morgan fingerprint density at radius 2 is 1.71 bits per heavy atom. The zero-order valence-corrected chi connectivity index (χ0v) is 21.2. The first-order chi connectivity index (χ1) is 16.8. The molecule has 35 heavy (non-hydrogen) atoms. The standard InChI is InChI=1S/C28H35N3O4/c1-20-23(12-9-13-24(20)21-10-7-6-8-11-21)19-34-25-15-14-22(26(31-25)33-5)18-29-16-17-30-27(32)35-28(2,3)4/h6-15,29H,16-19H2,1-5H3,(H,30,32). The Hall–Kier alpha value is -3.58. The van der Waals surface area contributed by atoms with Gasteiger partial charge in [-0.3, -0.25) is 0 Å². The molecule has 7 heteroatoms. The number of carbonyl (C=O) groups is 1. The molecule has 0 aliphatic heterocycles. The lowest BCUT2D eigenvalue weighted by molar-refractivity contribution is 0.0528. The Balaban J connectivity index is 1.53. The van der Waals surface area contributed by atoms with E-state index in [0.717, 1.165) is 11.1 Å².